The largest absolute Gasteiger partial charge is 0.394 e. The van der Waals surface area contributed by atoms with E-state index in [1.54, 1.807) is 6.08 Å². The Morgan fingerprint density at radius 3 is 1.19 bits per heavy atom. The van der Waals surface area contributed by atoms with Crippen molar-refractivity contribution in [2.24, 2.45) is 0 Å². The number of carbonyl (C=O) groups excluding carboxylic acids is 1. The van der Waals surface area contributed by atoms with Gasteiger partial charge in [-0.05, 0) is 77.0 Å². The molecule has 0 bridgehead atoms. The number of nitrogens with one attached hydrogen (secondary N) is 1. The minimum atomic E-state index is -1.79. The maximum absolute atomic E-state index is 13.3. The van der Waals surface area contributed by atoms with Gasteiger partial charge in [0, 0.05) is 6.42 Å². The van der Waals surface area contributed by atoms with Crippen LogP contribution in [0.1, 0.15) is 277 Å². The molecule has 2 aliphatic heterocycles. The topological polar surface area (TPSA) is 228 Å². The molecular formula is C75H131NO13. The number of amides is 1. The van der Waals surface area contributed by atoms with Crippen molar-refractivity contribution in [3.63, 3.8) is 0 Å². The molecule has 0 aromatic carbocycles. The molecule has 0 saturated carbocycles. The zero-order valence-electron chi connectivity index (χ0n) is 55.9. The van der Waals surface area contributed by atoms with Crippen molar-refractivity contribution in [2.75, 3.05) is 19.8 Å². The molecule has 12 atom stereocenters. The van der Waals surface area contributed by atoms with Crippen LogP contribution in [0, 0.1) is 0 Å². The average molecular weight is 1250 g/mol. The summed E-state index contributed by atoms with van der Waals surface area (Å²) in [6.45, 7) is 2.69. The molecule has 14 heteroatoms. The van der Waals surface area contributed by atoms with E-state index in [4.69, 9.17) is 18.9 Å². The highest BCUT2D eigenvalue weighted by Crippen LogP contribution is 2.30. The summed E-state index contributed by atoms with van der Waals surface area (Å²) in [5.74, 6) is -0.239. The van der Waals surface area contributed by atoms with Gasteiger partial charge >= 0.3 is 0 Å². The molecule has 0 aliphatic carbocycles. The van der Waals surface area contributed by atoms with Gasteiger partial charge in [0.25, 0.3) is 0 Å². The van der Waals surface area contributed by atoms with E-state index in [2.05, 4.69) is 104 Å². The van der Waals surface area contributed by atoms with Crippen LogP contribution in [0.3, 0.4) is 0 Å². The third-order valence-corrected chi connectivity index (χ3v) is 17.0. The molecule has 2 fully saturated rings. The van der Waals surface area contributed by atoms with Gasteiger partial charge in [0.2, 0.25) is 5.91 Å². The first-order chi connectivity index (χ1) is 43.6. The Balaban J connectivity index is 1.56. The lowest BCUT2D eigenvalue weighted by Gasteiger charge is -2.46. The molecule has 0 spiro atoms. The summed E-state index contributed by atoms with van der Waals surface area (Å²) in [5, 5.41) is 87.3. The highest BCUT2D eigenvalue weighted by atomic mass is 16.7. The molecule has 0 aromatic rings. The molecule has 514 valence electrons. The Morgan fingerprint density at radius 1 is 0.416 bits per heavy atom. The minimum absolute atomic E-state index is 0.239. The van der Waals surface area contributed by atoms with Crippen molar-refractivity contribution in [2.45, 2.75) is 351 Å². The van der Waals surface area contributed by atoms with E-state index >= 15 is 0 Å². The molecule has 14 nitrogen and oxygen atoms in total. The molecule has 2 aliphatic rings. The second-order valence-corrected chi connectivity index (χ2v) is 25.0. The number of allylic oxidation sites excluding steroid dienone is 15. The third-order valence-electron chi connectivity index (χ3n) is 17.0. The highest BCUT2D eigenvalue weighted by Gasteiger charge is 2.51. The number of aliphatic hydroxyl groups is 8. The van der Waals surface area contributed by atoms with Crippen molar-refractivity contribution in [1.82, 2.24) is 5.32 Å². The predicted octanol–water partition coefficient (Wildman–Crippen LogP) is 15.0. The number of hydrogen-bond donors (Lipinski definition) is 9. The first-order valence-electron chi connectivity index (χ1n) is 36.0. The molecule has 89 heavy (non-hydrogen) atoms. The third kappa shape index (κ3) is 42.7. The van der Waals surface area contributed by atoms with Gasteiger partial charge in [0.05, 0.1) is 32.0 Å². The number of carbonyl (C=O) groups is 1. The van der Waals surface area contributed by atoms with Crippen molar-refractivity contribution in [3.8, 4) is 0 Å². The van der Waals surface area contributed by atoms with Gasteiger partial charge in [-0.2, -0.15) is 0 Å². The highest BCUT2D eigenvalue weighted by molar-refractivity contribution is 5.76. The van der Waals surface area contributed by atoms with Gasteiger partial charge in [-0.15, -0.1) is 0 Å². The van der Waals surface area contributed by atoms with Crippen LogP contribution in [-0.2, 0) is 23.7 Å². The van der Waals surface area contributed by atoms with Crippen molar-refractivity contribution >= 4 is 5.91 Å². The van der Waals surface area contributed by atoms with E-state index in [0.29, 0.717) is 6.42 Å². The van der Waals surface area contributed by atoms with Gasteiger partial charge in [0.15, 0.2) is 12.6 Å². The van der Waals surface area contributed by atoms with Crippen LogP contribution in [0.15, 0.2) is 97.2 Å². The second-order valence-electron chi connectivity index (χ2n) is 25.0. The van der Waals surface area contributed by atoms with Crippen LogP contribution in [0.25, 0.3) is 0 Å². The van der Waals surface area contributed by atoms with Gasteiger partial charge in [-0.25, -0.2) is 0 Å². The van der Waals surface area contributed by atoms with E-state index in [0.717, 1.165) is 83.5 Å². The molecule has 1 amide bonds. The van der Waals surface area contributed by atoms with Crippen LogP contribution in [0.5, 0.6) is 0 Å². The van der Waals surface area contributed by atoms with E-state index in [1.165, 1.54) is 167 Å². The Bertz CT molecular complexity index is 1860. The van der Waals surface area contributed by atoms with Crippen LogP contribution >= 0.6 is 0 Å². The van der Waals surface area contributed by atoms with Gasteiger partial charge < -0.3 is 65.1 Å². The van der Waals surface area contributed by atoms with E-state index in [1.807, 2.05) is 6.08 Å². The molecule has 0 radical (unpaired) electrons. The summed E-state index contributed by atoms with van der Waals surface area (Å²) < 4.78 is 22.8. The lowest BCUT2D eigenvalue weighted by molar-refractivity contribution is -0.359. The Labute approximate surface area is 541 Å². The molecule has 2 saturated heterocycles. The molecule has 2 heterocycles. The van der Waals surface area contributed by atoms with Crippen LogP contribution in [0.2, 0.25) is 0 Å². The molecule has 12 unspecified atom stereocenters. The van der Waals surface area contributed by atoms with Gasteiger partial charge in [0.1, 0.15) is 48.8 Å². The molecule has 0 aromatic heterocycles. The first kappa shape index (κ1) is 82.0. The van der Waals surface area contributed by atoms with Crippen LogP contribution < -0.4 is 5.32 Å². The van der Waals surface area contributed by atoms with Crippen LogP contribution in [-0.4, -0.2) is 140 Å². The summed E-state index contributed by atoms with van der Waals surface area (Å²) >= 11 is 0. The molecule has 2 rings (SSSR count). The maximum Gasteiger partial charge on any atom is 0.220 e. The smallest absolute Gasteiger partial charge is 0.220 e. The maximum atomic E-state index is 13.3. The number of rotatable bonds is 58. The minimum Gasteiger partial charge on any atom is -0.394 e. The summed E-state index contributed by atoms with van der Waals surface area (Å²) in [6, 6.07) is -0.917. The second kappa shape index (κ2) is 58.7. The lowest BCUT2D eigenvalue weighted by atomic mass is 9.97. The monoisotopic (exact) mass is 1250 g/mol. The summed E-state index contributed by atoms with van der Waals surface area (Å²) in [7, 11) is 0. The fraction of sp³-hybridized carbons (Fsp3) is 0.773. The normalized spacial score (nSPS) is 23.6. The molecular weight excluding hydrogens is 1120 g/mol. The number of aliphatic hydroxyl groups excluding tert-OH is 8. The first-order valence-corrected chi connectivity index (χ1v) is 36.0. The number of hydrogen-bond acceptors (Lipinski definition) is 13. The van der Waals surface area contributed by atoms with E-state index < -0.39 is 86.8 Å². The zero-order valence-corrected chi connectivity index (χ0v) is 55.9. The van der Waals surface area contributed by atoms with Crippen LogP contribution in [0.4, 0.5) is 0 Å². The summed E-state index contributed by atoms with van der Waals surface area (Å²) in [6.07, 6.45) is 66.2. The van der Waals surface area contributed by atoms with E-state index in [9.17, 15) is 45.6 Å². The van der Waals surface area contributed by atoms with Crippen molar-refractivity contribution in [1.29, 1.82) is 0 Å². The fourth-order valence-electron chi connectivity index (χ4n) is 11.3. The Morgan fingerprint density at radius 2 is 0.775 bits per heavy atom. The van der Waals surface area contributed by atoms with Gasteiger partial charge in [-0.3, -0.25) is 4.79 Å². The Hall–Kier alpha value is -3.09. The summed E-state index contributed by atoms with van der Waals surface area (Å²) in [5.41, 5.74) is 0. The Kier molecular flexibility index (Phi) is 54.1. The number of ether oxygens (including phenoxy) is 4. The number of unbranched alkanes of at least 4 members (excludes halogenated alkanes) is 31. The predicted molar refractivity (Wildman–Crippen MR) is 364 cm³/mol. The standard InChI is InChI=1S/C75H131NO13/c1-3-5-7-9-11-13-15-17-19-20-21-22-23-24-25-26-27-28-29-30-31-32-33-34-35-36-37-38-39-40-41-42-43-44-45-47-49-51-53-55-57-59-67(80)76-63(64(79)58-56-54-52-50-48-46-18-16-14-12-10-8-6-4-2)62-86-74-72(85)70(83)73(66(61-78)88-74)89-75-71(84)69(82)68(81)65(60-77)87-75/h5,7,11,13,17,19,21-22,24-25,27-28,30-31,56,58,63-66,68-75,77-79,81-85H,3-4,6,8-10,12,14-16,18,20,23,26,29,32-55,57,59-62H2,1-2H3,(H,76,80)/b7-5-,13-11-,19-17-,22-21-,25-24-,28-27-,31-30-,58-56+. The average Bonchev–Trinajstić information content (AvgIpc) is 2.74. The van der Waals surface area contributed by atoms with E-state index in [-0.39, 0.29) is 18.9 Å². The summed E-state index contributed by atoms with van der Waals surface area (Å²) in [4.78, 5) is 13.3. The SMILES string of the molecule is CC/C=C\C/C=C\C/C=C\C/C=C\C/C=C\C/C=C\C/C=C\CCCCCCCCCCCCCCCCCCCCCC(=O)NC(COC1OC(CO)C(OC2OC(CO)C(O)C(O)C2O)C(O)C1O)C(O)/C=C/CCCCCCCCCCCCCC. The van der Waals surface area contributed by atoms with Gasteiger partial charge in [-0.1, -0.05) is 291 Å². The molecule has 9 N–H and O–H groups in total. The fourth-order valence-corrected chi connectivity index (χ4v) is 11.3. The zero-order chi connectivity index (χ0) is 64.5. The quantitative estimate of drug-likeness (QED) is 0.0204. The van der Waals surface area contributed by atoms with Crippen molar-refractivity contribution < 1.29 is 64.6 Å². The lowest BCUT2D eigenvalue weighted by Crippen LogP contribution is -2.65. The van der Waals surface area contributed by atoms with Crippen molar-refractivity contribution in [3.05, 3.63) is 97.2 Å².